The summed E-state index contributed by atoms with van der Waals surface area (Å²) in [5.74, 6) is -0.845. The Bertz CT molecular complexity index is 1230. The van der Waals surface area contributed by atoms with Crippen LogP contribution in [0.2, 0.25) is 0 Å². The molecular formula is C73H140O6. The van der Waals surface area contributed by atoms with Gasteiger partial charge in [-0.1, -0.05) is 367 Å². The van der Waals surface area contributed by atoms with Crippen LogP contribution in [0.15, 0.2) is 12.2 Å². The number of esters is 3. The van der Waals surface area contributed by atoms with Crippen molar-refractivity contribution in [2.24, 2.45) is 0 Å². The van der Waals surface area contributed by atoms with Crippen LogP contribution >= 0.6 is 0 Å². The Morgan fingerprint density at radius 3 is 0.633 bits per heavy atom. The lowest BCUT2D eigenvalue weighted by Gasteiger charge is -2.18. The van der Waals surface area contributed by atoms with Crippen molar-refractivity contribution in [1.29, 1.82) is 0 Å². The van der Waals surface area contributed by atoms with E-state index in [0.717, 1.165) is 57.8 Å². The molecule has 0 N–H and O–H groups in total. The molecule has 1 unspecified atom stereocenters. The van der Waals surface area contributed by atoms with Crippen molar-refractivity contribution in [3.05, 3.63) is 12.2 Å². The van der Waals surface area contributed by atoms with Gasteiger partial charge >= 0.3 is 17.9 Å². The van der Waals surface area contributed by atoms with Gasteiger partial charge in [-0.2, -0.15) is 0 Å². The molecule has 0 heterocycles. The zero-order chi connectivity index (χ0) is 57.1. The number of rotatable bonds is 68. The van der Waals surface area contributed by atoms with Gasteiger partial charge in [0.1, 0.15) is 13.2 Å². The standard InChI is InChI=1S/C73H140O6/c1-4-7-10-13-16-18-20-22-24-26-28-30-32-33-34-35-36-37-38-39-40-42-43-45-47-49-51-53-55-57-60-63-66-72(75)78-69-70(68-77-71(74)65-62-59-15-12-9-6-3)79-73(76)67-64-61-58-56-54-52-50-48-46-44-41-31-29-27-25-23-21-19-17-14-11-8-5-2/h27,29,70H,4-26,28,30-69H2,1-3H3/b29-27-. The summed E-state index contributed by atoms with van der Waals surface area (Å²) in [4.78, 5) is 38.1. The van der Waals surface area contributed by atoms with Crippen molar-refractivity contribution < 1.29 is 28.6 Å². The van der Waals surface area contributed by atoms with E-state index in [1.54, 1.807) is 0 Å². The van der Waals surface area contributed by atoms with Crippen LogP contribution in [0.5, 0.6) is 0 Å². The lowest BCUT2D eigenvalue weighted by atomic mass is 10.0. The maximum absolute atomic E-state index is 12.9. The molecule has 0 bridgehead atoms. The van der Waals surface area contributed by atoms with E-state index in [1.165, 1.54) is 321 Å². The summed E-state index contributed by atoms with van der Waals surface area (Å²) >= 11 is 0. The van der Waals surface area contributed by atoms with Crippen molar-refractivity contribution in [2.45, 2.75) is 425 Å². The number of hydrogen-bond donors (Lipinski definition) is 0. The molecule has 0 aromatic rings. The molecule has 0 amide bonds. The summed E-state index contributed by atoms with van der Waals surface area (Å²) in [6.45, 7) is 6.66. The van der Waals surface area contributed by atoms with Crippen molar-refractivity contribution >= 4 is 17.9 Å². The van der Waals surface area contributed by atoms with E-state index in [2.05, 4.69) is 32.9 Å². The van der Waals surface area contributed by atoms with Crippen LogP contribution in [0, 0.1) is 0 Å². The molecule has 0 saturated carbocycles. The number of unbranched alkanes of at least 4 members (excludes halogenated alkanes) is 55. The maximum Gasteiger partial charge on any atom is 0.306 e. The fraction of sp³-hybridized carbons (Fsp3) is 0.932. The van der Waals surface area contributed by atoms with E-state index in [1.807, 2.05) is 0 Å². The predicted octanol–water partition coefficient (Wildman–Crippen LogP) is 24.8. The third-order valence-electron chi connectivity index (χ3n) is 16.8. The second-order valence-electron chi connectivity index (χ2n) is 24.9. The SMILES string of the molecule is CCCCCCCCCC/C=C\CCCCCCCCCCCCCC(=O)OC(COC(=O)CCCCCCCC)COC(=O)CCCCCCCCCCCCCCCCCCCCCCCCCCCCCCCCCC. The number of allylic oxidation sites excluding steroid dienone is 2. The van der Waals surface area contributed by atoms with Crippen molar-refractivity contribution in [2.75, 3.05) is 13.2 Å². The molecule has 6 heteroatoms. The number of carbonyl (C=O) groups excluding carboxylic acids is 3. The summed E-state index contributed by atoms with van der Waals surface area (Å²) in [5.41, 5.74) is 0. The normalized spacial score (nSPS) is 12.0. The van der Waals surface area contributed by atoms with Gasteiger partial charge in [0.15, 0.2) is 6.10 Å². The van der Waals surface area contributed by atoms with Crippen LogP contribution in [0.4, 0.5) is 0 Å². The van der Waals surface area contributed by atoms with E-state index in [9.17, 15) is 14.4 Å². The first-order valence-corrected chi connectivity index (χ1v) is 36.2. The molecule has 6 nitrogen and oxygen atoms in total. The van der Waals surface area contributed by atoms with Gasteiger partial charge < -0.3 is 14.2 Å². The molecule has 0 saturated heterocycles. The third kappa shape index (κ3) is 66.8. The van der Waals surface area contributed by atoms with Gasteiger partial charge in [-0.3, -0.25) is 14.4 Å². The van der Waals surface area contributed by atoms with E-state index in [4.69, 9.17) is 14.2 Å². The monoisotopic (exact) mass is 1110 g/mol. The highest BCUT2D eigenvalue weighted by Gasteiger charge is 2.19. The molecule has 468 valence electrons. The van der Waals surface area contributed by atoms with Gasteiger partial charge in [0.05, 0.1) is 0 Å². The maximum atomic E-state index is 12.9. The first kappa shape index (κ1) is 77.2. The Morgan fingerprint density at radius 1 is 0.241 bits per heavy atom. The first-order chi connectivity index (χ1) is 39.0. The van der Waals surface area contributed by atoms with Gasteiger partial charge in [0.2, 0.25) is 0 Å². The largest absolute Gasteiger partial charge is 0.462 e. The molecule has 0 aliphatic heterocycles. The first-order valence-electron chi connectivity index (χ1n) is 36.2. The van der Waals surface area contributed by atoms with Gasteiger partial charge in [-0.25, -0.2) is 0 Å². The van der Waals surface area contributed by atoms with E-state index in [-0.39, 0.29) is 31.1 Å². The lowest BCUT2D eigenvalue weighted by Crippen LogP contribution is -2.30. The second-order valence-corrected chi connectivity index (χ2v) is 24.9. The highest BCUT2D eigenvalue weighted by molar-refractivity contribution is 5.71. The summed E-state index contributed by atoms with van der Waals surface area (Å²) in [5, 5.41) is 0. The third-order valence-corrected chi connectivity index (χ3v) is 16.8. The van der Waals surface area contributed by atoms with E-state index in [0.29, 0.717) is 19.3 Å². The highest BCUT2D eigenvalue weighted by Crippen LogP contribution is 2.19. The Hall–Kier alpha value is -1.85. The molecule has 0 rings (SSSR count). The molecule has 0 aromatic heterocycles. The van der Waals surface area contributed by atoms with Gasteiger partial charge in [-0.15, -0.1) is 0 Å². The minimum atomic E-state index is -0.765. The molecule has 1 atom stereocenters. The summed E-state index contributed by atoms with van der Waals surface area (Å²) in [6, 6.07) is 0. The van der Waals surface area contributed by atoms with Crippen LogP contribution in [0.3, 0.4) is 0 Å². The summed E-state index contributed by atoms with van der Waals surface area (Å²) in [6.07, 6.45) is 83.1. The zero-order valence-electron chi connectivity index (χ0n) is 53.9. The second kappa shape index (κ2) is 68.6. The lowest BCUT2D eigenvalue weighted by molar-refractivity contribution is -0.167. The Labute approximate surface area is 494 Å². The van der Waals surface area contributed by atoms with E-state index < -0.39 is 6.10 Å². The number of carbonyl (C=O) groups is 3. The van der Waals surface area contributed by atoms with Gasteiger partial charge in [0, 0.05) is 19.3 Å². The van der Waals surface area contributed by atoms with Gasteiger partial charge in [0.25, 0.3) is 0 Å². The molecule has 0 aliphatic carbocycles. The van der Waals surface area contributed by atoms with Crippen LogP contribution in [-0.2, 0) is 28.6 Å². The van der Waals surface area contributed by atoms with Crippen LogP contribution in [-0.4, -0.2) is 37.2 Å². The average Bonchev–Trinajstić information content (AvgIpc) is 3.45. The molecule has 0 spiro atoms. The van der Waals surface area contributed by atoms with E-state index >= 15 is 0 Å². The van der Waals surface area contributed by atoms with Crippen molar-refractivity contribution in [1.82, 2.24) is 0 Å². The minimum Gasteiger partial charge on any atom is -0.462 e. The predicted molar refractivity (Wildman–Crippen MR) is 344 cm³/mol. The smallest absolute Gasteiger partial charge is 0.306 e. The zero-order valence-corrected chi connectivity index (χ0v) is 53.9. The Kier molecular flexibility index (Phi) is 67.0. The molecule has 0 aromatic carbocycles. The van der Waals surface area contributed by atoms with Crippen LogP contribution in [0.25, 0.3) is 0 Å². The summed E-state index contributed by atoms with van der Waals surface area (Å²) in [7, 11) is 0. The topological polar surface area (TPSA) is 78.9 Å². The Balaban J connectivity index is 3.92. The quantitative estimate of drug-likeness (QED) is 0.0261. The molecule has 0 radical (unpaired) electrons. The molecular weight excluding hydrogens is 973 g/mol. The van der Waals surface area contributed by atoms with Crippen LogP contribution in [0.1, 0.15) is 419 Å². The Morgan fingerprint density at radius 2 is 0.418 bits per heavy atom. The van der Waals surface area contributed by atoms with Crippen molar-refractivity contribution in [3.8, 4) is 0 Å². The fourth-order valence-corrected chi connectivity index (χ4v) is 11.3. The van der Waals surface area contributed by atoms with Crippen LogP contribution < -0.4 is 0 Å². The number of hydrogen-bond acceptors (Lipinski definition) is 6. The highest BCUT2D eigenvalue weighted by atomic mass is 16.6. The molecule has 0 aliphatic rings. The fourth-order valence-electron chi connectivity index (χ4n) is 11.3. The summed E-state index contributed by atoms with van der Waals surface area (Å²) < 4.78 is 16.9. The average molecular weight is 1110 g/mol. The molecule has 79 heavy (non-hydrogen) atoms. The van der Waals surface area contributed by atoms with Gasteiger partial charge in [-0.05, 0) is 44.9 Å². The molecule has 0 fully saturated rings. The number of ether oxygens (including phenoxy) is 3. The van der Waals surface area contributed by atoms with Crippen molar-refractivity contribution in [3.63, 3.8) is 0 Å². The minimum absolute atomic E-state index is 0.0645.